The van der Waals surface area contributed by atoms with Crippen molar-refractivity contribution in [2.45, 2.75) is 71.1 Å². The van der Waals surface area contributed by atoms with E-state index >= 15 is 0 Å². The number of ether oxygens (including phenoxy) is 2. The molecule has 1 saturated heterocycles. The molecule has 7 nitrogen and oxygen atoms in total. The van der Waals surface area contributed by atoms with Crippen molar-refractivity contribution in [1.82, 2.24) is 16.0 Å². The minimum Gasteiger partial charge on any atom is -0.488 e. The summed E-state index contributed by atoms with van der Waals surface area (Å²) in [6.07, 6.45) is 6.14. The maximum Gasteiger partial charge on any atom is 0.221 e. The number of amides is 1. The minimum absolute atomic E-state index is 0. The second-order valence-electron chi connectivity index (χ2n) is 8.14. The molecule has 8 heteroatoms. The molecule has 1 aromatic carbocycles. The van der Waals surface area contributed by atoms with Gasteiger partial charge in [0.05, 0.1) is 19.8 Å². The van der Waals surface area contributed by atoms with Crippen LogP contribution in [-0.4, -0.2) is 50.3 Å². The lowest BCUT2D eigenvalue weighted by Crippen LogP contribution is -2.40. The normalized spacial score (nSPS) is 19.0. The SMILES string of the molecule is CCNC(=NCc1ccc(C)cc1OC1CCOC1)NCCC(=O)NC1CCCC1.I. The van der Waals surface area contributed by atoms with Gasteiger partial charge in [-0.25, -0.2) is 4.99 Å². The summed E-state index contributed by atoms with van der Waals surface area (Å²) in [4.78, 5) is 16.8. The summed E-state index contributed by atoms with van der Waals surface area (Å²) >= 11 is 0. The van der Waals surface area contributed by atoms with Crippen molar-refractivity contribution in [2.75, 3.05) is 26.3 Å². The number of hydrogen-bond donors (Lipinski definition) is 3. The van der Waals surface area contributed by atoms with E-state index in [1.807, 2.05) is 6.92 Å². The lowest BCUT2D eigenvalue weighted by molar-refractivity contribution is -0.121. The van der Waals surface area contributed by atoms with E-state index in [-0.39, 0.29) is 36.0 Å². The maximum atomic E-state index is 12.1. The molecule has 2 fully saturated rings. The largest absolute Gasteiger partial charge is 0.488 e. The first-order valence-electron chi connectivity index (χ1n) is 11.3. The molecule has 0 radical (unpaired) electrons. The van der Waals surface area contributed by atoms with Gasteiger partial charge in [-0.2, -0.15) is 0 Å². The molecule has 1 aliphatic carbocycles. The van der Waals surface area contributed by atoms with E-state index in [0.717, 1.165) is 49.3 Å². The minimum atomic E-state index is 0. The average molecular weight is 544 g/mol. The van der Waals surface area contributed by atoms with Gasteiger partial charge < -0.3 is 25.4 Å². The van der Waals surface area contributed by atoms with Gasteiger partial charge in [0.15, 0.2) is 5.96 Å². The van der Waals surface area contributed by atoms with Crippen LogP contribution in [-0.2, 0) is 16.1 Å². The predicted octanol–water partition coefficient (Wildman–Crippen LogP) is 3.28. The first kappa shape index (κ1) is 25.7. The Bertz CT molecular complexity index is 717. The first-order chi connectivity index (χ1) is 14.6. The Morgan fingerprint density at radius 3 is 2.74 bits per heavy atom. The summed E-state index contributed by atoms with van der Waals surface area (Å²) in [6, 6.07) is 6.58. The third-order valence-electron chi connectivity index (χ3n) is 5.52. The number of nitrogens with one attached hydrogen (secondary N) is 3. The van der Waals surface area contributed by atoms with E-state index in [1.54, 1.807) is 0 Å². The number of rotatable bonds is 9. The second-order valence-corrected chi connectivity index (χ2v) is 8.14. The van der Waals surface area contributed by atoms with Crippen LogP contribution in [0.1, 0.15) is 56.6 Å². The van der Waals surface area contributed by atoms with E-state index < -0.39 is 0 Å². The monoisotopic (exact) mass is 544 g/mol. The zero-order valence-electron chi connectivity index (χ0n) is 18.7. The highest BCUT2D eigenvalue weighted by Crippen LogP contribution is 2.24. The van der Waals surface area contributed by atoms with Crippen LogP contribution in [0.2, 0.25) is 0 Å². The van der Waals surface area contributed by atoms with Crippen LogP contribution in [0.25, 0.3) is 0 Å². The van der Waals surface area contributed by atoms with E-state index in [0.29, 0.717) is 38.1 Å². The Labute approximate surface area is 203 Å². The molecule has 3 rings (SSSR count). The molecule has 2 aliphatic rings. The Balaban J connectivity index is 0.00000341. The quantitative estimate of drug-likeness (QED) is 0.253. The summed E-state index contributed by atoms with van der Waals surface area (Å²) in [6.45, 7) is 7.32. The molecule has 174 valence electrons. The van der Waals surface area contributed by atoms with E-state index in [1.165, 1.54) is 12.8 Å². The van der Waals surface area contributed by atoms with Gasteiger partial charge in [0.1, 0.15) is 11.9 Å². The lowest BCUT2D eigenvalue weighted by atomic mass is 10.1. The second kappa shape index (κ2) is 13.8. The van der Waals surface area contributed by atoms with E-state index in [2.05, 4.69) is 41.1 Å². The number of hydrogen-bond acceptors (Lipinski definition) is 4. The molecule has 0 bridgehead atoms. The molecular weight excluding hydrogens is 507 g/mol. The highest BCUT2D eigenvalue weighted by Gasteiger charge is 2.19. The summed E-state index contributed by atoms with van der Waals surface area (Å²) < 4.78 is 11.6. The Morgan fingerprint density at radius 1 is 1.23 bits per heavy atom. The molecule has 1 atom stereocenters. The van der Waals surface area contributed by atoms with Gasteiger partial charge in [-0.05, 0) is 38.3 Å². The number of benzene rings is 1. The molecule has 1 heterocycles. The van der Waals surface area contributed by atoms with Gasteiger partial charge in [0.25, 0.3) is 0 Å². The summed E-state index contributed by atoms with van der Waals surface area (Å²) in [5.41, 5.74) is 2.21. The Kier molecular flexibility index (Phi) is 11.4. The zero-order valence-corrected chi connectivity index (χ0v) is 21.1. The van der Waals surface area contributed by atoms with Crippen molar-refractivity contribution in [3.05, 3.63) is 29.3 Å². The number of halogens is 1. The van der Waals surface area contributed by atoms with Crippen LogP contribution < -0.4 is 20.7 Å². The van der Waals surface area contributed by atoms with Crippen LogP contribution >= 0.6 is 24.0 Å². The number of aryl methyl sites for hydroxylation is 1. The number of guanidine groups is 1. The molecule has 1 aliphatic heterocycles. The van der Waals surface area contributed by atoms with Gasteiger partial charge >= 0.3 is 0 Å². The zero-order chi connectivity index (χ0) is 21.2. The molecule has 1 saturated carbocycles. The highest BCUT2D eigenvalue weighted by atomic mass is 127. The third kappa shape index (κ3) is 8.84. The Hall–Kier alpha value is -1.55. The van der Waals surface area contributed by atoms with Gasteiger partial charge in [0, 0.05) is 37.5 Å². The molecule has 1 amide bonds. The number of carbonyl (C=O) groups is 1. The molecular formula is C23H37IN4O3. The molecule has 0 spiro atoms. The van der Waals surface area contributed by atoms with Crippen LogP contribution in [0.4, 0.5) is 0 Å². The lowest BCUT2D eigenvalue weighted by Gasteiger charge is -2.16. The molecule has 1 unspecified atom stereocenters. The molecule has 31 heavy (non-hydrogen) atoms. The first-order valence-corrected chi connectivity index (χ1v) is 11.3. The van der Waals surface area contributed by atoms with Crippen molar-refractivity contribution in [1.29, 1.82) is 0 Å². The maximum absolute atomic E-state index is 12.1. The number of carbonyl (C=O) groups excluding carboxylic acids is 1. The van der Waals surface area contributed by atoms with Gasteiger partial charge in [0.2, 0.25) is 5.91 Å². The summed E-state index contributed by atoms with van der Waals surface area (Å²) in [7, 11) is 0. The van der Waals surface area contributed by atoms with Gasteiger partial charge in [-0.15, -0.1) is 24.0 Å². The van der Waals surface area contributed by atoms with Crippen LogP contribution in [0.5, 0.6) is 5.75 Å². The van der Waals surface area contributed by atoms with Crippen molar-refractivity contribution in [2.24, 2.45) is 4.99 Å². The molecule has 1 aromatic rings. The van der Waals surface area contributed by atoms with Crippen LogP contribution in [0, 0.1) is 6.92 Å². The summed E-state index contributed by atoms with van der Waals surface area (Å²) in [5, 5.41) is 9.64. The molecule has 0 aromatic heterocycles. The van der Waals surface area contributed by atoms with E-state index in [4.69, 9.17) is 14.5 Å². The predicted molar refractivity (Wildman–Crippen MR) is 134 cm³/mol. The number of nitrogens with zero attached hydrogens (tertiary/aromatic N) is 1. The van der Waals surface area contributed by atoms with Gasteiger partial charge in [-0.3, -0.25) is 4.79 Å². The van der Waals surface area contributed by atoms with Crippen molar-refractivity contribution >= 4 is 35.8 Å². The fourth-order valence-corrected chi connectivity index (χ4v) is 3.86. The Morgan fingerprint density at radius 2 is 2.03 bits per heavy atom. The number of aliphatic imine (C=N–C) groups is 1. The topological polar surface area (TPSA) is 84.0 Å². The van der Waals surface area contributed by atoms with E-state index in [9.17, 15) is 4.79 Å². The van der Waals surface area contributed by atoms with Gasteiger partial charge in [-0.1, -0.05) is 25.0 Å². The van der Waals surface area contributed by atoms with Crippen LogP contribution in [0.3, 0.4) is 0 Å². The standard InChI is InChI=1S/C23H36N4O3.HI/c1-3-24-23(25-12-10-22(28)27-19-6-4-5-7-19)26-15-18-9-8-17(2)14-21(18)30-20-11-13-29-16-20;/h8-9,14,19-20H,3-7,10-13,15-16H2,1-2H3,(H,27,28)(H2,24,25,26);1H. The highest BCUT2D eigenvalue weighted by molar-refractivity contribution is 14.0. The third-order valence-corrected chi connectivity index (χ3v) is 5.52. The van der Waals surface area contributed by atoms with Crippen LogP contribution in [0.15, 0.2) is 23.2 Å². The fraction of sp³-hybridized carbons (Fsp3) is 0.652. The van der Waals surface area contributed by atoms with Crippen molar-refractivity contribution in [3.8, 4) is 5.75 Å². The van der Waals surface area contributed by atoms with Crippen molar-refractivity contribution < 1.29 is 14.3 Å². The van der Waals surface area contributed by atoms with Crippen molar-refractivity contribution in [3.63, 3.8) is 0 Å². The molecule has 3 N–H and O–H groups in total. The fourth-order valence-electron chi connectivity index (χ4n) is 3.86. The average Bonchev–Trinajstić information content (AvgIpc) is 3.41. The summed E-state index contributed by atoms with van der Waals surface area (Å²) in [5.74, 6) is 1.70. The smallest absolute Gasteiger partial charge is 0.221 e.